The molecule has 0 aromatic heterocycles. The first kappa shape index (κ1) is 14.0. The SMILES string of the molecule is O=C(O)c1cc([N+](=O)[O-])ccc1-c1cc(Cl)ccc1F. The Hall–Kier alpha value is -2.47. The summed E-state index contributed by atoms with van der Waals surface area (Å²) < 4.78 is 13.8. The van der Waals surface area contributed by atoms with Crippen molar-refractivity contribution >= 4 is 23.3 Å². The summed E-state index contributed by atoms with van der Waals surface area (Å²) in [4.78, 5) is 21.1. The van der Waals surface area contributed by atoms with E-state index in [2.05, 4.69) is 0 Å². The van der Waals surface area contributed by atoms with Gasteiger partial charge in [0, 0.05) is 22.7 Å². The molecule has 1 N–H and O–H groups in total. The van der Waals surface area contributed by atoms with E-state index in [0.29, 0.717) is 0 Å². The lowest BCUT2D eigenvalue weighted by Gasteiger charge is -2.08. The number of aromatic carboxylic acids is 1. The molecule has 20 heavy (non-hydrogen) atoms. The molecular formula is C13H7ClFNO4. The van der Waals surface area contributed by atoms with Crippen LogP contribution in [0.1, 0.15) is 10.4 Å². The van der Waals surface area contributed by atoms with E-state index in [0.717, 1.165) is 18.2 Å². The van der Waals surface area contributed by atoms with Crippen molar-refractivity contribution in [3.63, 3.8) is 0 Å². The normalized spacial score (nSPS) is 10.3. The van der Waals surface area contributed by atoms with Gasteiger partial charge < -0.3 is 5.11 Å². The Kier molecular flexibility index (Phi) is 3.67. The van der Waals surface area contributed by atoms with Crippen molar-refractivity contribution in [3.8, 4) is 11.1 Å². The molecule has 0 heterocycles. The lowest BCUT2D eigenvalue weighted by Crippen LogP contribution is -2.02. The van der Waals surface area contributed by atoms with Gasteiger partial charge in [-0.05, 0) is 29.8 Å². The van der Waals surface area contributed by atoms with E-state index in [1.807, 2.05) is 0 Å². The van der Waals surface area contributed by atoms with Crippen molar-refractivity contribution < 1.29 is 19.2 Å². The molecule has 0 aliphatic carbocycles. The number of halogens is 2. The molecule has 7 heteroatoms. The van der Waals surface area contributed by atoms with Crippen LogP contribution < -0.4 is 0 Å². The summed E-state index contributed by atoms with van der Waals surface area (Å²) in [5.74, 6) is -2.05. The second kappa shape index (κ2) is 5.26. The van der Waals surface area contributed by atoms with Gasteiger partial charge in [-0.15, -0.1) is 0 Å². The Labute approximate surface area is 117 Å². The fourth-order valence-corrected chi connectivity index (χ4v) is 1.93. The average molecular weight is 296 g/mol. The molecule has 5 nitrogen and oxygen atoms in total. The number of benzene rings is 2. The number of carboxylic acid groups (broad SMARTS) is 1. The van der Waals surface area contributed by atoms with Crippen LogP contribution in [0.15, 0.2) is 36.4 Å². The summed E-state index contributed by atoms with van der Waals surface area (Å²) in [7, 11) is 0. The first-order chi connectivity index (χ1) is 9.40. The van der Waals surface area contributed by atoms with E-state index in [1.54, 1.807) is 0 Å². The number of rotatable bonds is 3. The summed E-state index contributed by atoms with van der Waals surface area (Å²) in [5.41, 5.74) is -0.734. The van der Waals surface area contributed by atoms with Crippen molar-refractivity contribution in [2.75, 3.05) is 0 Å². The van der Waals surface area contributed by atoms with Crippen LogP contribution in [-0.4, -0.2) is 16.0 Å². The van der Waals surface area contributed by atoms with E-state index < -0.39 is 16.7 Å². The lowest BCUT2D eigenvalue weighted by atomic mass is 9.98. The van der Waals surface area contributed by atoms with Gasteiger partial charge in [-0.25, -0.2) is 9.18 Å². The van der Waals surface area contributed by atoms with Gasteiger partial charge in [0.1, 0.15) is 5.82 Å². The van der Waals surface area contributed by atoms with Crippen LogP contribution in [0.4, 0.5) is 10.1 Å². The molecule has 0 aliphatic heterocycles. The minimum absolute atomic E-state index is 0.0233. The number of hydrogen-bond donors (Lipinski definition) is 1. The predicted molar refractivity (Wildman–Crippen MR) is 70.5 cm³/mol. The van der Waals surface area contributed by atoms with E-state index in [4.69, 9.17) is 16.7 Å². The van der Waals surface area contributed by atoms with Crippen molar-refractivity contribution in [1.82, 2.24) is 0 Å². The standard InChI is InChI=1S/C13H7ClFNO4/c14-7-1-4-12(15)10(5-7)9-3-2-8(16(19)20)6-11(9)13(17)18/h1-6H,(H,17,18). The van der Waals surface area contributed by atoms with Crippen LogP contribution >= 0.6 is 11.6 Å². The first-order valence-electron chi connectivity index (χ1n) is 5.37. The Balaban J connectivity index is 2.70. The Morgan fingerprint density at radius 2 is 1.90 bits per heavy atom. The highest BCUT2D eigenvalue weighted by atomic mass is 35.5. The fraction of sp³-hybridized carbons (Fsp3) is 0. The van der Waals surface area contributed by atoms with E-state index in [9.17, 15) is 19.3 Å². The largest absolute Gasteiger partial charge is 0.478 e. The number of non-ortho nitro benzene ring substituents is 1. The zero-order valence-electron chi connectivity index (χ0n) is 9.84. The highest BCUT2D eigenvalue weighted by molar-refractivity contribution is 6.30. The van der Waals surface area contributed by atoms with Crippen molar-refractivity contribution in [2.24, 2.45) is 0 Å². The summed E-state index contributed by atoms with van der Waals surface area (Å²) >= 11 is 5.76. The number of carbonyl (C=O) groups is 1. The van der Waals surface area contributed by atoms with Gasteiger partial charge in [-0.1, -0.05) is 11.6 Å². The van der Waals surface area contributed by atoms with Crippen LogP contribution in [0, 0.1) is 15.9 Å². The fourth-order valence-electron chi connectivity index (χ4n) is 1.76. The number of hydrogen-bond acceptors (Lipinski definition) is 3. The zero-order valence-corrected chi connectivity index (χ0v) is 10.6. The molecule has 0 saturated heterocycles. The van der Waals surface area contributed by atoms with Crippen LogP contribution in [0.25, 0.3) is 11.1 Å². The summed E-state index contributed by atoms with van der Waals surface area (Å²) in [6.07, 6.45) is 0. The molecule has 102 valence electrons. The van der Waals surface area contributed by atoms with Crippen LogP contribution in [0.5, 0.6) is 0 Å². The number of nitrogens with zero attached hydrogens (tertiary/aromatic N) is 1. The topological polar surface area (TPSA) is 80.4 Å². The van der Waals surface area contributed by atoms with Crippen LogP contribution in [-0.2, 0) is 0 Å². The summed E-state index contributed by atoms with van der Waals surface area (Å²) in [6, 6.07) is 6.89. The molecule has 0 fully saturated rings. The van der Waals surface area contributed by atoms with Crippen LogP contribution in [0.2, 0.25) is 5.02 Å². The molecule has 0 atom stereocenters. The van der Waals surface area contributed by atoms with Gasteiger partial charge in [0.25, 0.3) is 5.69 Å². The Bertz CT molecular complexity index is 718. The molecule has 0 unspecified atom stereocenters. The van der Waals surface area contributed by atoms with Crippen molar-refractivity contribution in [3.05, 3.63) is 62.9 Å². The smallest absolute Gasteiger partial charge is 0.336 e. The highest BCUT2D eigenvalue weighted by Crippen LogP contribution is 2.31. The minimum atomic E-state index is -1.39. The highest BCUT2D eigenvalue weighted by Gasteiger charge is 2.19. The van der Waals surface area contributed by atoms with E-state index >= 15 is 0 Å². The second-order valence-electron chi connectivity index (χ2n) is 3.92. The molecule has 0 radical (unpaired) electrons. The third-order valence-corrected chi connectivity index (χ3v) is 2.90. The molecule has 0 bridgehead atoms. The molecule has 2 aromatic rings. The zero-order chi connectivity index (χ0) is 14.9. The molecule has 0 saturated carbocycles. The number of carboxylic acids is 1. The van der Waals surface area contributed by atoms with Gasteiger partial charge >= 0.3 is 5.97 Å². The molecule has 0 amide bonds. The minimum Gasteiger partial charge on any atom is -0.478 e. The molecule has 2 aromatic carbocycles. The van der Waals surface area contributed by atoms with E-state index in [-0.39, 0.29) is 27.4 Å². The third kappa shape index (κ3) is 2.60. The third-order valence-electron chi connectivity index (χ3n) is 2.66. The maximum Gasteiger partial charge on any atom is 0.336 e. The Morgan fingerprint density at radius 1 is 1.20 bits per heavy atom. The Morgan fingerprint density at radius 3 is 2.50 bits per heavy atom. The lowest BCUT2D eigenvalue weighted by molar-refractivity contribution is -0.384. The van der Waals surface area contributed by atoms with Gasteiger partial charge in [0.05, 0.1) is 10.5 Å². The maximum atomic E-state index is 13.8. The second-order valence-corrected chi connectivity index (χ2v) is 4.35. The van der Waals surface area contributed by atoms with Crippen molar-refractivity contribution in [1.29, 1.82) is 0 Å². The monoisotopic (exact) mass is 295 g/mol. The molecule has 2 rings (SSSR count). The molecule has 0 spiro atoms. The number of nitro groups is 1. The number of nitro benzene ring substituents is 1. The average Bonchev–Trinajstić information content (AvgIpc) is 2.40. The predicted octanol–water partition coefficient (Wildman–Crippen LogP) is 3.75. The quantitative estimate of drug-likeness (QED) is 0.690. The molecular weight excluding hydrogens is 289 g/mol. The summed E-state index contributed by atoms with van der Waals surface area (Å²) in [5, 5.41) is 20.0. The van der Waals surface area contributed by atoms with E-state index in [1.165, 1.54) is 18.2 Å². The molecule has 0 aliphatic rings. The maximum absolute atomic E-state index is 13.8. The van der Waals surface area contributed by atoms with Gasteiger partial charge in [0.15, 0.2) is 0 Å². The van der Waals surface area contributed by atoms with Gasteiger partial charge in [-0.3, -0.25) is 10.1 Å². The van der Waals surface area contributed by atoms with Gasteiger partial charge in [-0.2, -0.15) is 0 Å². The first-order valence-corrected chi connectivity index (χ1v) is 5.75. The van der Waals surface area contributed by atoms with Crippen molar-refractivity contribution in [2.45, 2.75) is 0 Å². The van der Waals surface area contributed by atoms with Gasteiger partial charge in [0.2, 0.25) is 0 Å². The summed E-state index contributed by atoms with van der Waals surface area (Å²) in [6.45, 7) is 0. The van der Waals surface area contributed by atoms with Crippen LogP contribution in [0.3, 0.4) is 0 Å².